The number of hydrogen-bond donors (Lipinski definition) is 0. The van der Waals surface area contributed by atoms with Crippen LogP contribution < -0.4 is 9.30 Å². The van der Waals surface area contributed by atoms with Gasteiger partial charge in [-0.25, -0.2) is 4.98 Å². The molecule has 0 atom stereocenters. The third kappa shape index (κ3) is 7.87. The maximum absolute atomic E-state index is 9.05. The molecular weight excluding hydrogens is 817 g/mol. The number of hydrogen-bond acceptors (Lipinski definition) is 2. The van der Waals surface area contributed by atoms with Gasteiger partial charge in [-0.3, -0.25) is 13.7 Å². The zero-order chi connectivity index (χ0) is 54.4. The number of imidazole rings is 1. The largest absolute Gasteiger partial charge is 0.458 e. The van der Waals surface area contributed by atoms with Crippen molar-refractivity contribution in [1.29, 1.82) is 0 Å². The summed E-state index contributed by atoms with van der Waals surface area (Å²) in [5.41, 5.74) is 8.78. The summed E-state index contributed by atoms with van der Waals surface area (Å²) in [6.45, 7) is 11.1. The van der Waals surface area contributed by atoms with Gasteiger partial charge in [-0.2, -0.15) is 0 Å². The van der Waals surface area contributed by atoms with E-state index < -0.39 is 60.4 Å². The molecule has 5 nitrogen and oxygen atoms in total. The van der Waals surface area contributed by atoms with Gasteiger partial charge in [-0.15, -0.1) is 0 Å². The molecule has 8 aromatic carbocycles. The van der Waals surface area contributed by atoms with Crippen LogP contribution in [0.15, 0.2) is 206 Å². The number of rotatable bonds is 10. The van der Waals surface area contributed by atoms with Crippen LogP contribution in [0.25, 0.3) is 83.4 Å². The predicted octanol–water partition coefficient (Wildman–Crippen LogP) is 15.5. The molecule has 0 amide bonds. The van der Waals surface area contributed by atoms with E-state index in [1.807, 2.05) is 79.0 Å². The van der Waals surface area contributed by atoms with Crippen LogP contribution in [0.5, 0.6) is 11.5 Å². The van der Waals surface area contributed by atoms with E-state index >= 15 is 0 Å². The standard InChI is InChI=1S/C62H52N4O/c1-42(2)36-46-37-60(63-40-55(46)45-30-32-47(33-31-45)62(3,4)5)66-56-27-13-12-24-53(56)54-35-34-50(39-59(54)66)67-49-23-16-22-48(38-49)64-41-65(58-29-15-14-28-57(58)64)61-51(43-18-8-6-9-19-43)25-17-26-52(61)44-20-10-7-11-21-44/h6-35,37-40,42H,36H2,1-5H3/i6D,7D,8D,9D,10D,11D,18D,19D,20D,21D. The number of ether oxygens (including phenoxy) is 1. The van der Waals surface area contributed by atoms with Crippen LogP contribution in [-0.2, 0) is 11.8 Å². The molecule has 0 bridgehead atoms. The highest BCUT2D eigenvalue weighted by Crippen LogP contribution is 2.38. The first-order valence-electron chi connectivity index (χ1n) is 27.5. The van der Waals surface area contributed by atoms with Gasteiger partial charge in [0, 0.05) is 28.6 Å². The van der Waals surface area contributed by atoms with Gasteiger partial charge >= 0.3 is 0 Å². The monoisotopic (exact) mass is 878 g/mol. The summed E-state index contributed by atoms with van der Waals surface area (Å²) in [5, 5.41) is 2.12. The fourth-order valence-corrected chi connectivity index (χ4v) is 9.08. The van der Waals surface area contributed by atoms with Crippen molar-refractivity contribution in [2.24, 2.45) is 5.92 Å². The average molecular weight is 879 g/mol. The second-order valence-electron chi connectivity index (χ2n) is 18.2. The smallest absolute Gasteiger partial charge is 0.269 e. The van der Waals surface area contributed by atoms with Gasteiger partial charge in [0.1, 0.15) is 17.3 Å². The average Bonchev–Trinajstić information content (AvgIpc) is 4.16. The van der Waals surface area contributed by atoms with Crippen molar-refractivity contribution in [2.45, 2.75) is 46.5 Å². The summed E-state index contributed by atoms with van der Waals surface area (Å²) in [5.74, 6) is 2.30. The van der Waals surface area contributed by atoms with Gasteiger partial charge < -0.3 is 4.74 Å². The topological polar surface area (TPSA) is 35.9 Å². The van der Waals surface area contributed by atoms with Crippen LogP contribution in [-0.4, -0.2) is 14.1 Å². The quantitative estimate of drug-likeness (QED) is 0.101. The zero-order valence-corrected chi connectivity index (χ0v) is 37.8. The molecule has 67 heavy (non-hydrogen) atoms. The fraction of sp³-hybridized carbons (Fsp3) is 0.129. The van der Waals surface area contributed by atoms with E-state index in [0.717, 1.165) is 45.2 Å². The molecule has 0 aliphatic rings. The van der Waals surface area contributed by atoms with Crippen molar-refractivity contribution < 1.29 is 23.0 Å². The lowest BCUT2D eigenvalue weighted by Gasteiger charge is -2.20. The molecule has 11 rings (SSSR count). The van der Waals surface area contributed by atoms with Crippen LogP contribution in [0.3, 0.4) is 0 Å². The lowest BCUT2D eigenvalue weighted by molar-refractivity contribution is -0.571. The summed E-state index contributed by atoms with van der Waals surface area (Å²) in [7, 11) is 0. The van der Waals surface area contributed by atoms with E-state index in [1.165, 1.54) is 11.1 Å². The number of aromatic nitrogens is 4. The molecule has 11 aromatic rings. The maximum atomic E-state index is 9.05. The summed E-state index contributed by atoms with van der Waals surface area (Å²) >= 11 is 0. The van der Waals surface area contributed by atoms with E-state index in [0.29, 0.717) is 34.1 Å². The number of para-hydroxylation sites is 4. The van der Waals surface area contributed by atoms with E-state index in [9.17, 15) is 0 Å². The first-order valence-corrected chi connectivity index (χ1v) is 22.5. The minimum absolute atomic E-state index is 0.0388. The number of pyridine rings is 1. The SMILES string of the molecule is [2H]c1c([2H])c([2H])c(-c2cccc(-c3c([2H])c([2H])c([2H])c([2H])c3[2H])c2-[n+]2[c-]n(-c3cccc(Oc4ccc5c6ccccc6n(-c6cc(CC(C)C)c(-c7ccc(C(C)(C)C)cc7)cn6)c5c4)c3)c3ccccc32)c([2H])c1[2H]. The summed E-state index contributed by atoms with van der Waals surface area (Å²) in [6.07, 6.45) is 6.33. The zero-order valence-electron chi connectivity index (χ0n) is 47.8. The van der Waals surface area contributed by atoms with E-state index in [1.54, 1.807) is 27.3 Å². The predicted molar refractivity (Wildman–Crippen MR) is 276 cm³/mol. The first-order chi connectivity index (χ1) is 36.8. The molecule has 0 aliphatic carbocycles. The minimum Gasteiger partial charge on any atom is -0.458 e. The molecule has 0 N–H and O–H groups in total. The number of nitrogens with zero attached hydrogens (tertiary/aromatic N) is 4. The molecule has 0 radical (unpaired) electrons. The second-order valence-corrected chi connectivity index (χ2v) is 18.2. The molecular formula is C62H52N4O. The van der Waals surface area contributed by atoms with Gasteiger partial charge in [0.25, 0.3) is 6.33 Å². The van der Waals surface area contributed by atoms with Crippen molar-refractivity contribution in [1.82, 2.24) is 14.1 Å². The van der Waals surface area contributed by atoms with Gasteiger partial charge in [0.2, 0.25) is 0 Å². The minimum atomic E-state index is -0.566. The Morgan fingerprint density at radius 1 is 0.612 bits per heavy atom. The third-order valence-corrected chi connectivity index (χ3v) is 12.2. The molecule has 0 aliphatic heterocycles. The molecule has 3 aromatic heterocycles. The van der Waals surface area contributed by atoms with E-state index in [2.05, 4.69) is 94.0 Å². The Kier molecular flexibility index (Phi) is 8.10. The number of fused-ring (bicyclic) bond motifs is 4. The van der Waals surface area contributed by atoms with E-state index in [-0.39, 0.29) is 33.4 Å². The van der Waals surface area contributed by atoms with Gasteiger partial charge in [-0.05, 0) is 99.2 Å². The third-order valence-electron chi connectivity index (χ3n) is 12.2. The van der Waals surface area contributed by atoms with Gasteiger partial charge in [0.05, 0.1) is 47.1 Å². The highest BCUT2D eigenvalue weighted by Gasteiger charge is 2.21. The van der Waals surface area contributed by atoms with Crippen molar-refractivity contribution in [3.05, 3.63) is 224 Å². The fourth-order valence-electron chi connectivity index (χ4n) is 9.08. The maximum Gasteiger partial charge on any atom is 0.269 e. The summed E-state index contributed by atoms with van der Waals surface area (Å²) < 4.78 is 99.7. The van der Waals surface area contributed by atoms with Crippen LogP contribution >= 0.6 is 0 Å². The molecule has 0 saturated heterocycles. The molecule has 3 heterocycles. The van der Waals surface area contributed by atoms with Crippen LogP contribution in [0.1, 0.15) is 59.5 Å². The Hall–Kier alpha value is -8.02. The Balaban J connectivity index is 1.04. The summed E-state index contributed by atoms with van der Waals surface area (Å²) in [6, 6.07) is 39.9. The lowest BCUT2D eigenvalue weighted by Crippen LogP contribution is -2.31. The molecule has 326 valence electrons. The van der Waals surface area contributed by atoms with Crippen molar-refractivity contribution in [3.8, 4) is 62.1 Å². The highest BCUT2D eigenvalue weighted by atomic mass is 16.5. The second kappa shape index (κ2) is 17.1. The Bertz CT molecular complexity index is 4050. The van der Waals surface area contributed by atoms with Gasteiger partial charge in [-0.1, -0.05) is 186 Å². The van der Waals surface area contributed by atoms with Crippen LogP contribution in [0, 0.1) is 12.2 Å². The van der Waals surface area contributed by atoms with Gasteiger partial charge in [0.15, 0.2) is 0 Å². The molecule has 0 spiro atoms. The number of benzene rings is 8. The van der Waals surface area contributed by atoms with Crippen molar-refractivity contribution in [3.63, 3.8) is 0 Å². The van der Waals surface area contributed by atoms with Crippen LogP contribution in [0.4, 0.5) is 0 Å². The Labute approximate surface area is 406 Å². The molecule has 0 unspecified atom stereocenters. The first kappa shape index (κ1) is 31.8. The lowest BCUT2D eigenvalue weighted by atomic mass is 9.86. The highest BCUT2D eigenvalue weighted by molar-refractivity contribution is 6.09. The Morgan fingerprint density at radius 3 is 1.96 bits per heavy atom. The molecule has 0 fully saturated rings. The summed E-state index contributed by atoms with van der Waals surface area (Å²) in [4.78, 5) is 5.16. The Morgan fingerprint density at radius 2 is 1.25 bits per heavy atom. The van der Waals surface area contributed by atoms with Crippen molar-refractivity contribution >= 4 is 32.8 Å². The molecule has 0 saturated carbocycles. The molecule has 5 heteroatoms. The van der Waals surface area contributed by atoms with E-state index in [4.69, 9.17) is 23.4 Å². The normalized spacial score (nSPS) is 13.9. The van der Waals surface area contributed by atoms with Crippen LogP contribution in [0.2, 0.25) is 0 Å². The van der Waals surface area contributed by atoms with Crippen molar-refractivity contribution in [2.75, 3.05) is 0 Å².